The molecule has 0 N–H and O–H groups in total. The van der Waals surface area contributed by atoms with Crippen LogP contribution in [0.4, 0.5) is 0 Å². The van der Waals surface area contributed by atoms with Crippen molar-refractivity contribution in [1.82, 2.24) is 19.7 Å². The molecule has 2 aromatic carbocycles. The van der Waals surface area contributed by atoms with Crippen molar-refractivity contribution in [2.24, 2.45) is 0 Å². The van der Waals surface area contributed by atoms with Crippen LogP contribution in [0.25, 0.3) is 10.2 Å². The molecule has 31 heavy (non-hydrogen) atoms. The lowest BCUT2D eigenvalue weighted by atomic mass is 10.2. The number of para-hydroxylation sites is 1. The predicted molar refractivity (Wildman–Crippen MR) is 127 cm³/mol. The Morgan fingerprint density at radius 3 is 2.61 bits per heavy atom. The Balaban J connectivity index is 1.51. The van der Waals surface area contributed by atoms with Crippen LogP contribution in [0.5, 0.6) is 0 Å². The maximum absolute atomic E-state index is 12.0. The number of benzene rings is 2. The van der Waals surface area contributed by atoms with E-state index in [9.17, 15) is 4.79 Å². The van der Waals surface area contributed by atoms with Gasteiger partial charge in [0.25, 0.3) is 0 Å². The Labute approximate surface area is 193 Å². The van der Waals surface area contributed by atoms with E-state index in [1.807, 2.05) is 50.2 Å². The van der Waals surface area contributed by atoms with Crippen molar-refractivity contribution in [3.63, 3.8) is 0 Å². The van der Waals surface area contributed by atoms with E-state index in [0.717, 1.165) is 21.2 Å². The highest BCUT2D eigenvalue weighted by atomic mass is 32.2. The lowest BCUT2D eigenvalue weighted by Crippen LogP contribution is -2.14. The van der Waals surface area contributed by atoms with Gasteiger partial charge < -0.3 is 9.30 Å². The van der Waals surface area contributed by atoms with Gasteiger partial charge in [0.15, 0.2) is 9.50 Å². The van der Waals surface area contributed by atoms with Gasteiger partial charge in [0.1, 0.15) is 5.82 Å². The van der Waals surface area contributed by atoms with Crippen LogP contribution in [0.15, 0.2) is 64.1 Å². The van der Waals surface area contributed by atoms with Gasteiger partial charge in [-0.2, -0.15) is 0 Å². The molecule has 160 valence electrons. The molecule has 0 aliphatic carbocycles. The highest BCUT2D eigenvalue weighted by Crippen LogP contribution is 2.32. The van der Waals surface area contributed by atoms with Gasteiger partial charge in [-0.1, -0.05) is 66.0 Å². The molecule has 6 nitrogen and oxygen atoms in total. The number of hydrogen-bond acceptors (Lipinski definition) is 8. The van der Waals surface area contributed by atoms with E-state index in [1.54, 1.807) is 23.1 Å². The van der Waals surface area contributed by atoms with Gasteiger partial charge in [0, 0.05) is 0 Å². The van der Waals surface area contributed by atoms with Crippen molar-refractivity contribution in [2.75, 3.05) is 5.75 Å². The highest BCUT2D eigenvalue weighted by molar-refractivity contribution is 8.00. The van der Waals surface area contributed by atoms with Crippen molar-refractivity contribution < 1.29 is 9.53 Å². The number of fused-ring (bicyclic) bond motifs is 1. The zero-order valence-corrected chi connectivity index (χ0v) is 19.7. The molecule has 0 atom stereocenters. The molecule has 0 bridgehead atoms. The summed E-state index contributed by atoms with van der Waals surface area (Å²) in [5.41, 5.74) is 2.17. The van der Waals surface area contributed by atoms with Gasteiger partial charge in [-0.15, -0.1) is 21.5 Å². The molecule has 0 saturated heterocycles. The quantitative estimate of drug-likeness (QED) is 0.244. The summed E-state index contributed by atoms with van der Waals surface area (Å²) in [5, 5.41) is 9.48. The number of carbonyl (C=O) groups excluding carboxylic acids is 1. The molecular weight excluding hydrogens is 448 g/mol. The minimum absolute atomic E-state index is 0.129. The molecule has 4 aromatic rings. The summed E-state index contributed by atoms with van der Waals surface area (Å²) in [7, 11) is 0. The van der Waals surface area contributed by atoms with E-state index < -0.39 is 0 Å². The molecule has 0 aliphatic heterocycles. The summed E-state index contributed by atoms with van der Waals surface area (Å²) in [6.45, 7) is 4.33. The molecule has 2 heterocycles. The minimum atomic E-state index is -0.250. The maximum Gasteiger partial charge on any atom is 0.316 e. The van der Waals surface area contributed by atoms with Crippen LogP contribution in [-0.4, -0.2) is 37.6 Å². The zero-order chi connectivity index (χ0) is 21.6. The van der Waals surface area contributed by atoms with Crippen LogP contribution in [0, 0.1) is 0 Å². The van der Waals surface area contributed by atoms with Gasteiger partial charge in [-0.05, 0) is 31.5 Å². The van der Waals surface area contributed by atoms with E-state index in [4.69, 9.17) is 9.72 Å². The van der Waals surface area contributed by atoms with Gasteiger partial charge in [-0.3, -0.25) is 4.79 Å². The van der Waals surface area contributed by atoms with Crippen molar-refractivity contribution in [2.45, 2.75) is 41.7 Å². The number of ether oxygens (including phenoxy) is 1. The summed E-state index contributed by atoms with van der Waals surface area (Å²) in [5.74, 6) is 1.46. The van der Waals surface area contributed by atoms with Gasteiger partial charge in [0.2, 0.25) is 0 Å². The maximum atomic E-state index is 12.0. The zero-order valence-electron chi connectivity index (χ0n) is 17.2. The normalized spacial score (nSPS) is 11.3. The Kier molecular flexibility index (Phi) is 7.26. The summed E-state index contributed by atoms with van der Waals surface area (Å²) in [6, 6.07) is 18.3. The second kappa shape index (κ2) is 10.3. The first-order chi connectivity index (χ1) is 15.1. The molecule has 0 spiro atoms. The summed E-state index contributed by atoms with van der Waals surface area (Å²) in [4.78, 5) is 16.7. The standard InChI is InChI=1S/C22H22N4O2S3/c1-15(2)28-20(27)14-29-21-25-24-19(26(21)12-16-8-4-3-5-9-16)13-30-22-23-17-10-6-7-11-18(17)31-22/h3-11,15H,12-14H2,1-2H3. The van der Waals surface area contributed by atoms with Crippen molar-refractivity contribution in [1.29, 1.82) is 0 Å². The third kappa shape index (κ3) is 5.87. The fourth-order valence-electron chi connectivity index (χ4n) is 2.92. The largest absolute Gasteiger partial charge is 0.462 e. The molecule has 9 heteroatoms. The smallest absolute Gasteiger partial charge is 0.316 e. The second-order valence-corrected chi connectivity index (χ2v) is 10.2. The third-order valence-corrected chi connectivity index (χ3v) is 7.38. The minimum Gasteiger partial charge on any atom is -0.462 e. The average Bonchev–Trinajstić information content (AvgIpc) is 3.34. The average molecular weight is 471 g/mol. The number of aromatic nitrogens is 4. The number of rotatable bonds is 9. The van der Waals surface area contributed by atoms with E-state index >= 15 is 0 Å². The Morgan fingerprint density at radius 1 is 1.06 bits per heavy atom. The van der Waals surface area contributed by atoms with Gasteiger partial charge in [0.05, 0.1) is 34.4 Å². The van der Waals surface area contributed by atoms with Crippen molar-refractivity contribution >= 4 is 51.0 Å². The lowest BCUT2D eigenvalue weighted by molar-refractivity contribution is -0.144. The lowest BCUT2D eigenvalue weighted by Gasteiger charge is -2.11. The van der Waals surface area contributed by atoms with E-state index in [0.29, 0.717) is 17.5 Å². The second-order valence-electron chi connectivity index (χ2n) is 7.03. The Morgan fingerprint density at radius 2 is 1.84 bits per heavy atom. The molecule has 0 saturated carbocycles. The number of nitrogens with zero attached hydrogens (tertiary/aromatic N) is 4. The van der Waals surface area contributed by atoms with Gasteiger partial charge >= 0.3 is 5.97 Å². The monoisotopic (exact) mass is 470 g/mol. The van der Waals surface area contributed by atoms with Crippen LogP contribution in [0.1, 0.15) is 25.2 Å². The van der Waals surface area contributed by atoms with Crippen LogP contribution >= 0.6 is 34.9 Å². The summed E-state index contributed by atoms with van der Waals surface area (Å²) >= 11 is 4.69. The molecule has 0 amide bonds. The van der Waals surface area contributed by atoms with Crippen LogP contribution in [-0.2, 0) is 21.8 Å². The molecular formula is C22H22N4O2S3. The number of thioether (sulfide) groups is 2. The highest BCUT2D eigenvalue weighted by Gasteiger charge is 2.17. The Hall–Kier alpha value is -2.36. The van der Waals surface area contributed by atoms with E-state index in [-0.39, 0.29) is 17.8 Å². The van der Waals surface area contributed by atoms with Crippen LogP contribution in [0.2, 0.25) is 0 Å². The van der Waals surface area contributed by atoms with Crippen LogP contribution < -0.4 is 0 Å². The molecule has 0 radical (unpaired) electrons. The fraction of sp³-hybridized carbons (Fsp3) is 0.273. The molecule has 0 fully saturated rings. The first kappa shape index (κ1) is 21.9. The first-order valence-corrected chi connectivity index (χ1v) is 12.6. The molecule has 0 aliphatic rings. The molecule has 4 rings (SSSR count). The van der Waals surface area contributed by atoms with E-state index in [1.165, 1.54) is 16.5 Å². The SMILES string of the molecule is CC(C)OC(=O)CSc1nnc(CSc2nc3ccccc3s2)n1Cc1ccccc1. The predicted octanol–water partition coefficient (Wildman–Crippen LogP) is 5.27. The number of thiazole rings is 1. The number of hydrogen-bond donors (Lipinski definition) is 0. The Bertz CT molecular complexity index is 1130. The summed E-state index contributed by atoms with van der Waals surface area (Å²) in [6.07, 6.45) is -0.129. The van der Waals surface area contributed by atoms with Gasteiger partial charge in [-0.25, -0.2) is 4.98 Å². The summed E-state index contributed by atoms with van der Waals surface area (Å²) < 4.78 is 9.50. The topological polar surface area (TPSA) is 69.9 Å². The molecule has 2 aromatic heterocycles. The van der Waals surface area contributed by atoms with Crippen molar-refractivity contribution in [3.8, 4) is 0 Å². The first-order valence-electron chi connectivity index (χ1n) is 9.85. The third-order valence-electron chi connectivity index (χ3n) is 4.26. The number of carbonyl (C=O) groups is 1. The van der Waals surface area contributed by atoms with Crippen molar-refractivity contribution in [3.05, 3.63) is 66.0 Å². The van der Waals surface area contributed by atoms with Crippen LogP contribution in [0.3, 0.4) is 0 Å². The van der Waals surface area contributed by atoms with E-state index in [2.05, 4.69) is 33.0 Å². The molecule has 0 unspecified atom stereocenters. The fourth-order valence-corrected chi connectivity index (χ4v) is 5.66. The number of esters is 1.